The van der Waals surface area contributed by atoms with Crippen LogP contribution in [-0.2, 0) is 11.6 Å². The zero-order valence-corrected chi connectivity index (χ0v) is 30.7. The molecule has 0 fully saturated rings. The SMILES string of the molecule is O=S=O.c1ccc2c(c1)-c1cccc(Sc3cccc4c3-c3ccccc3-4)c1-2.c1ccc2c(c1)-c1cccc(Sc3cccc4c3-c3ccccc3-4)c1-2. The van der Waals surface area contributed by atoms with Gasteiger partial charge >= 0.3 is 11.6 Å². The van der Waals surface area contributed by atoms with Crippen LogP contribution in [0, 0.1) is 0 Å². The first-order chi connectivity index (χ1) is 26.2. The third kappa shape index (κ3) is 5.03. The summed E-state index contributed by atoms with van der Waals surface area (Å²) < 4.78 is 16.6. The second-order valence-electron chi connectivity index (χ2n) is 13.2. The van der Waals surface area contributed by atoms with Gasteiger partial charge in [-0.25, -0.2) is 0 Å². The summed E-state index contributed by atoms with van der Waals surface area (Å²) in [6, 6.07) is 61.5. The molecule has 4 aliphatic carbocycles. The predicted molar refractivity (Wildman–Crippen MR) is 221 cm³/mol. The second-order valence-corrected chi connectivity index (χ2v) is 15.5. The number of hydrogen-bond donors (Lipinski definition) is 0. The van der Waals surface area contributed by atoms with Gasteiger partial charge in [-0.1, -0.05) is 169 Å². The van der Waals surface area contributed by atoms with Gasteiger partial charge in [-0.3, -0.25) is 0 Å². The summed E-state index contributed by atoms with van der Waals surface area (Å²) in [5.41, 5.74) is 22.2. The largest absolute Gasteiger partial charge is 0.335 e. The highest BCUT2D eigenvalue weighted by molar-refractivity contribution is 8.00. The number of rotatable bonds is 4. The van der Waals surface area contributed by atoms with Crippen LogP contribution in [0.15, 0.2) is 189 Å². The fourth-order valence-electron chi connectivity index (χ4n) is 8.20. The average Bonchev–Trinajstić information content (AvgIpc) is 3.17. The van der Waals surface area contributed by atoms with Crippen LogP contribution in [0.25, 0.3) is 89.0 Å². The zero-order chi connectivity index (χ0) is 35.5. The van der Waals surface area contributed by atoms with Crippen molar-refractivity contribution in [2.75, 3.05) is 0 Å². The Bertz CT molecular complexity index is 2460. The Balaban J connectivity index is 0.000000123. The molecule has 8 aromatic carbocycles. The normalized spacial score (nSPS) is 11.7. The van der Waals surface area contributed by atoms with Crippen molar-refractivity contribution >= 4 is 35.1 Å². The van der Waals surface area contributed by atoms with Gasteiger partial charge in [0.1, 0.15) is 0 Å². The maximum absolute atomic E-state index is 8.29. The molecule has 250 valence electrons. The number of benzene rings is 8. The van der Waals surface area contributed by atoms with Gasteiger partial charge in [0.15, 0.2) is 0 Å². The van der Waals surface area contributed by atoms with E-state index in [1.807, 2.05) is 23.5 Å². The molecule has 53 heavy (non-hydrogen) atoms. The van der Waals surface area contributed by atoms with E-state index in [1.165, 1.54) is 109 Å². The van der Waals surface area contributed by atoms with Crippen LogP contribution in [0.1, 0.15) is 0 Å². The quantitative estimate of drug-likeness (QED) is 0.180. The molecule has 0 radical (unpaired) electrons. The van der Waals surface area contributed by atoms with E-state index < -0.39 is 11.6 Å². The van der Waals surface area contributed by atoms with Gasteiger partial charge in [0.2, 0.25) is 0 Å². The molecule has 5 heteroatoms. The Kier molecular flexibility index (Phi) is 7.87. The van der Waals surface area contributed by atoms with Crippen molar-refractivity contribution in [3.05, 3.63) is 170 Å². The summed E-state index contributed by atoms with van der Waals surface area (Å²) in [4.78, 5) is 5.42. The van der Waals surface area contributed by atoms with Gasteiger partial charge < -0.3 is 0 Å². The minimum absolute atomic E-state index is 0.750. The molecule has 0 saturated carbocycles. The third-order valence-corrected chi connectivity index (χ3v) is 12.7. The van der Waals surface area contributed by atoms with Crippen molar-refractivity contribution in [3.8, 4) is 89.0 Å². The van der Waals surface area contributed by atoms with Crippen LogP contribution in [-0.4, -0.2) is 8.42 Å². The van der Waals surface area contributed by atoms with E-state index in [1.54, 1.807) is 0 Å². The molecule has 0 amide bonds. The average molecular weight is 733 g/mol. The fourth-order valence-corrected chi connectivity index (χ4v) is 10.6. The molecule has 4 aliphatic rings. The Hall–Kier alpha value is -5.72. The summed E-state index contributed by atoms with van der Waals surface area (Å²) in [5.74, 6) is 0. The second kappa shape index (κ2) is 13.0. The van der Waals surface area contributed by atoms with Gasteiger partial charge in [-0.2, -0.15) is 8.42 Å². The van der Waals surface area contributed by atoms with Crippen LogP contribution < -0.4 is 0 Å². The molecule has 0 spiro atoms. The molecular formula is C48H28O2S3. The lowest BCUT2D eigenvalue weighted by Crippen LogP contribution is -2.02. The van der Waals surface area contributed by atoms with Gasteiger partial charge in [0.05, 0.1) is 0 Å². The molecule has 0 bridgehead atoms. The van der Waals surface area contributed by atoms with E-state index in [9.17, 15) is 0 Å². The highest BCUT2D eigenvalue weighted by Gasteiger charge is 2.30. The van der Waals surface area contributed by atoms with Crippen molar-refractivity contribution in [3.63, 3.8) is 0 Å². The van der Waals surface area contributed by atoms with Crippen molar-refractivity contribution in [2.24, 2.45) is 0 Å². The van der Waals surface area contributed by atoms with Gasteiger partial charge in [0, 0.05) is 41.8 Å². The predicted octanol–water partition coefficient (Wildman–Crippen LogP) is 13.6. The minimum Gasteiger partial charge on any atom is -0.168 e. The van der Waals surface area contributed by atoms with E-state index in [0.29, 0.717) is 0 Å². The van der Waals surface area contributed by atoms with Crippen molar-refractivity contribution < 1.29 is 8.42 Å². The molecule has 0 aromatic heterocycles. The molecule has 2 nitrogen and oxygen atoms in total. The molecule has 0 saturated heterocycles. The highest BCUT2D eigenvalue weighted by atomic mass is 32.2. The molecule has 0 heterocycles. The Labute approximate surface area is 320 Å². The summed E-state index contributed by atoms with van der Waals surface area (Å²) in [7, 11) is 0. The lowest BCUT2D eigenvalue weighted by molar-refractivity contribution is 0.630. The molecule has 0 unspecified atom stereocenters. The Morgan fingerprint density at radius 1 is 0.226 bits per heavy atom. The zero-order valence-electron chi connectivity index (χ0n) is 28.2. The van der Waals surface area contributed by atoms with E-state index >= 15 is 0 Å². The third-order valence-electron chi connectivity index (χ3n) is 10.5. The smallest absolute Gasteiger partial charge is 0.168 e. The fraction of sp³-hybridized carbons (Fsp3) is 0. The van der Waals surface area contributed by atoms with E-state index in [2.05, 4.69) is 170 Å². The Morgan fingerprint density at radius 2 is 0.415 bits per heavy atom. The molecule has 0 N–H and O–H groups in total. The first-order valence-electron chi connectivity index (χ1n) is 17.4. The van der Waals surface area contributed by atoms with Crippen LogP contribution in [0.4, 0.5) is 0 Å². The number of fused-ring (bicyclic) bond motifs is 16. The highest BCUT2D eigenvalue weighted by Crippen LogP contribution is 2.58. The molecular weight excluding hydrogens is 705 g/mol. The van der Waals surface area contributed by atoms with Crippen molar-refractivity contribution in [2.45, 2.75) is 19.6 Å². The van der Waals surface area contributed by atoms with E-state index in [4.69, 9.17) is 8.42 Å². The maximum atomic E-state index is 8.29. The Morgan fingerprint density at radius 3 is 0.642 bits per heavy atom. The van der Waals surface area contributed by atoms with Crippen LogP contribution in [0.5, 0.6) is 0 Å². The lowest BCUT2D eigenvalue weighted by atomic mass is 9.80. The van der Waals surface area contributed by atoms with Crippen molar-refractivity contribution in [1.82, 2.24) is 0 Å². The molecule has 0 atom stereocenters. The first kappa shape index (κ1) is 32.0. The van der Waals surface area contributed by atoms with Crippen LogP contribution >= 0.6 is 23.5 Å². The number of hydrogen-bond acceptors (Lipinski definition) is 4. The topological polar surface area (TPSA) is 34.1 Å². The standard InChI is InChI=1S/2C24H14S.O2S/c2*1-3-9-17-15(7-1)19-11-5-13-21(23(17)19)25-22-14-6-12-20-16-8-2-4-10-18(16)24(20)22;1-3-2/h2*1-14H;. The van der Waals surface area contributed by atoms with Gasteiger partial charge in [-0.15, -0.1) is 0 Å². The maximum Gasteiger partial charge on any atom is 0.335 e. The van der Waals surface area contributed by atoms with Crippen LogP contribution in [0.2, 0.25) is 0 Å². The first-order valence-corrected chi connectivity index (χ1v) is 19.7. The molecule has 8 aromatic rings. The molecule has 0 aliphatic heterocycles. The van der Waals surface area contributed by atoms with E-state index in [-0.39, 0.29) is 0 Å². The van der Waals surface area contributed by atoms with Crippen molar-refractivity contribution in [1.29, 1.82) is 0 Å². The van der Waals surface area contributed by atoms with Gasteiger partial charge in [-0.05, 0) is 91.0 Å². The summed E-state index contributed by atoms with van der Waals surface area (Å²) >= 11 is 3.05. The van der Waals surface area contributed by atoms with Crippen LogP contribution in [0.3, 0.4) is 0 Å². The summed E-state index contributed by atoms with van der Waals surface area (Å²) in [5, 5.41) is 0. The summed E-state index contributed by atoms with van der Waals surface area (Å²) in [6.45, 7) is 0. The minimum atomic E-state index is -0.750. The monoisotopic (exact) mass is 732 g/mol. The lowest BCUT2D eigenvalue weighted by Gasteiger charge is -2.29. The summed E-state index contributed by atoms with van der Waals surface area (Å²) in [6.07, 6.45) is 0. The van der Waals surface area contributed by atoms with Gasteiger partial charge in [0.25, 0.3) is 0 Å². The molecule has 12 rings (SSSR count). The van der Waals surface area contributed by atoms with E-state index in [0.717, 1.165) is 0 Å².